The van der Waals surface area contributed by atoms with Crippen molar-refractivity contribution in [2.24, 2.45) is 16.6 Å². The predicted molar refractivity (Wildman–Crippen MR) is 129 cm³/mol. The molecule has 0 aromatic heterocycles. The topological polar surface area (TPSA) is 83.2 Å². The van der Waals surface area contributed by atoms with Gasteiger partial charge in [0, 0.05) is 26.1 Å². The number of aliphatic imine (C=N–C) groups is 1. The van der Waals surface area contributed by atoms with Crippen molar-refractivity contribution >= 4 is 35.8 Å². The third-order valence-corrected chi connectivity index (χ3v) is 5.18. The van der Waals surface area contributed by atoms with E-state index in [0.717, 1.165) is 44.2 Å². The van der Waals surface area contributed by atoms with Crippen LogP contribution in [0, 0.1) is 5.92 Å². The molecule has 7 nitrogen and oxygen atoms in total. The molecule has 1 aliphatic rings. The van der Waals surface area contributed by atoms with Crippen molar-refractivity contribution in [1.82, 2.24) is 15.1 Å². The van der Waals surface area contributed by atoms with Gasteiger partial charge in [0.05, 0.1) is 19.7 Å². The number of carbonyl (C=O) groups excluding carboxylic acids is 1. The monoisotopic (exact) mass is 517 g/mol. The minimum absolute atomic E-state index is 0. The van der Waals surface area contributed by atoms with E-state index in [2.05, 4.69) is 48.3 Å². The molecule has 1 fully saturated rings. The molecule has 8 heteroatoms. The largest absolute Gasteiger partial charge is 0.497 e. The highest BCUT2D eigenvalue weighted by atomic mass is 127. The number of ether oxygens (including phenoxy) is 1. The molecule has 0 radical (unpaired) electrons. The normalized spacial score (nSPS) is 18.2. The quantitative estimate of drug-likeness (QED) is 0.315. The van der Waals surface area contributed by atoms with E-state index >= 15 is 0 Å². The van der Waals surface area contributed by atoms with Crippen LogP contribution in [0.3, 0.4) is 0 Å². The third kappa shape index (κ3) is 8.00. The number of guanidine groups is 1. The summed E-state index contributed by atoms with van der Waals surface area (Å²) in [6, 6.07) is 8.33. The molecule has 0 bridgehead atoms. The van der Waals surface area contributed by atoms with Crippen molar-refractivity contribution in [3.05, 3.63) is 29.8 Å². The molecule has 0 aliphatic carbocycles. The Kier molecular flexibility index (Phi) is 11.3. The van der Waals surface area contributed by atoms with Crippen LogP contribution in [0.2, 0.25) is 0 Å². The molecule has 3 N–H and O–H groups in total. The number of amides is 1. The van der Waals surface area contributed by atoms with Crippen molar-refractivity contribution < 1.29 is 9.53 Å². The Morgan fingerprint density at radius 3 is 2.62 bits per heavy atom. The Balaban J connectivity index is 0.00000420. The second-order valence-corrected chi connectivity index (χ2v) is 7.57. The fourth-order valence-electron chi connectivity index (χ4n) is 3.70. The Labute approximate surface area is 192 Å². The number of nitrogens with one attached hydrogen (secondary N) is 1. The number of nitrogens with two attached hydrogens (primary N) is 1. The van der Waals surface area contributed by atoms with Gasteiger partial charge in [0.25, 0.3) is 0 Å². The lowest BCUT2D eigenvalue weighted by Gasteiger charge is -2.35. The molecule has 2 unspecified atom stereocenters. The maximum Gasteiger partial charge on any atom is 0.217 e. The van der Waals surface area contributed by atoms with Crippen LogP contribution in [0.25, 0.3) is 0 Å². The summed E-state index contributed by atoms with van der Waals surface area (Å²) in [6.45, 7) is 5.32. The molecule has 2 atom stereocenters. The van der Waals surface area contributed by atoms with E-state index < -0.39 is 0 Å². The van der Waals surface area contributed by atoms with E-state index in [1.165, 1.54) is 5.56 Å². The minimum Gasteiger partial charge on any atom is -0.497 e. The average molecular weight is 517 g/mol. The first-order valence-corrected chi connectivity index (χ1v) is 10.1. The highest BCUT2D eigenvalue weighted by Gasteiger charge is 2.24. The molecular weight excluding hydrogens is 481 g/mol. The van der Waals surface area contributed by atoms with Gasteiger partial charge in [-0.25, -0.2) is 0 Å². The van der Waals surface area contributed by atoms with Gasteiger partial charge in [-0.3, -0.25) is 9.79 Å². The SMILES string of the molecule is CCNC(=NCC(c1ccc(OC)cc1)N(C)C)N1CCCC(CC(N)=O)C1.I. The number of likely N-dealkylation sites (N-methyl/N-ethyl adjacent to an activating group) is 1. The molecule has 164 valence electrons. The Hall–Kier alpha value is -1.55. The highest BCUT2D eigenvalue weighted by molar-refractivity contribution is 14.0. The van der Waals surface area contributed by atoms with Gasteiger partial charge in [-0.2, -0.15) is 0 Å². The first-order valence-electron chi connectivity index (χ1n) is 10.1. The number of primary amides is 1. The predicted octanol–water partition coefficient (Wildman–Crippen LogP) is 2.47. The van der Waals surface area contributed by atoms with Gasteiger partial charge in [-0.05, 0) is 57.5 Å². The van der Waals surface area contributed by atoms with E-state index in [4.69, 9.17) is 15.5 Å². The highest BCUT2D eigenvalue weighted by Crippen LogP contribution is 2.23. The first kappa shape index (κ1) is 25.5. The molecule has 29 heavy (non-hydrogen) atoms. The molecule has 1 aromatic rings. The number of halogens is 1. The Morgan fingerprint density at radius 1 is 1.38 bits per heavy atom. The van der Waals surface area contributed by atoms with Crippen molar-refractivity contribution in [3.63, 3.8) is 0 Å². The second kappa shape index (κ2) is 12.9. The van der Waals surface area contributed by atoms with E-state index in [-0.39, 0.29) is 35.9 Å². The fourth-order valence-corrected chi connectivity index (χ4v) is 3.70. The third-order valence-electron chi connectivity index (χ3n) is 5.18. The van der Waals surface area contributed by atoms with Gasteiger partial charge in [0.1, 0.15) is 5.75 Å². The molecular formula is C21H36IN5O2. The van der Waals surface area contributed by atoms with Gasteiger partial charge in [-0.15, -0.1) is 24.0 Å². The molecule has 0 saturated carbocycles. The van der Waals surface area contributed by atoms with E-state index in [1.54, 1.807) is 7.11 Å². The molecule has 1 amide bonds. The number of nitrogens with zero attached hydrogens (tertiary/aromatic N) is 3. The molecule has 1 saturated heterocycles. The summed E-state index contributed by atoms with van der Waals surface area (Å²) in [5.41, 5.74) is 6.61. The molecule has 2 rings (SSSR count). The summed E-state index contributed by atoms with van der Waals surface area (Å²) < 4.78 is 5.27. The summed E-state index contributed by atoms with van der Waals surface area (Å²) in [5.74, 6) is 1.85. The summed E-state index contributed by atoms with van der Waals surface area (Å²) in [5, 5.41) is 3.41. The number of piperidine rings is 1. The fraction of sp³-hybridized carbons (Fsp3) is 0.619. The first-order chi connectivity index (χ1) is 13.4. The smallest absolute Gasteiger partial charge is 0.217 e. The minimum atomic E-state index is -0.221. The number of hydrogen-bond acceptors (Lipinski definition) is 4. The second-order valence-electron chi connectivity index (χ2n) is 7.57. The van der Waals surface area contributed by atoms with Crippen LogP contribution >= 0.6 is 24.0 Å². The van der Waals surface area contributed by atoms with E-state index in [9.17, 15) is 4.79 Å². The van der Waals surface area contributed by atoms with Crippen LogP contribution in [0.1, 0.15) is 37.8 Å². The number of hydrogen-bond donors (Lipinski definition) is 2. The zero-order chi connectivity index (χ0) is 20.5. The maximum atomic E-state index is 11.3. The van der Waals surface area contributed by atoms with Gasteiger partial charge in [0.2, 0.25) is 5.91 Å². The lowest BCUT2D eigenvalue weighted by molar-refractivity contribution is -0.119. The molecule has 1 aromatic carbocycles. The van der Waals surface area contributed by atoms with Crippen molar-refractivity contribution in [3.8, 4) is 5.75 Å². The zero-order valence-electron chi connectivity index (χ0n) is 18.1. The van der Waals surface area contributed by atoms with Crippen molar-refractivity contribution in [2.75, 3.05) is 47.4 Å². The standard InChI is InChI=1S/C21H35N5O2.HI/c1-5-23-21(26-12-6-7-16(15-26)13-20(22)27)24-14-19(25(2)3)17-8-10-18(28-4)11-9-17;/h8-11,16,19H,5-7,12-15H2,1-4H3,(H2,22,27)(H,23,24);1H. The summed E-state index contributed by atoms with van der Waals surface area (Å²) in [6.07, 6.45) is 2.55. The van der Waals surface area contributed by atoms with Crippen molar-refractivity contribution in [1.29, 1.82) is 0 Å². The van der Waals surface area contributed by atoms with E-state index in [1.807, 2.05) is 12.1 Å². The van der Waals surface area contributed by atoms with Crippen LogP contribution in [0.4, 0.5) is 0 Å². The van der Waals surface area contributed by atoms with Gasteiger partial charge >= 0.3 is 0 Å². The zero-order valence-corrected chi connectivity index (χ0v) is 20.4. The summed E-state index contributed by atoms with van der Waals surface area (Å²) in [7, 11) is 5.82. The van der Waals surface area contributed by atoms with Crippen LogP contribution in [-0.2, 0) is 4.79 Å². The lowest BCUT2D eigenvalue weighted by atomic mass is 9.95. The van der Waals surface area contributed by atoms with Gasteiger partial charge in [0.15, 0.2) is 5.96 Å². The molecule has 0 spiro atoms. The van der Waals surface area contributed by atoms with Crippen LogP contribution in [0.15, 0.2) is 29.3 Å². The number of carbonyl (C=O) groups is 1. The number of benzene rings is 1. The Bertz CT molecular complexity index is 651. The van der Waals surface area contributed by atoms with Crippen LogP contribution < -0.4 is 15.8 Å². The number of likely N-dealkylation sites (tertiary alicyclic amines) is 1. The van der Waals surface area contributed by atoms with Gasteiger partial charge < -0.3 is 25.6 Å². The average Bonchev–Trinajstić information content (AvgIpc) is 2.67. The maximum absolute atomic E-state index is 11.3. The number of rotatable bonds is 8. The lowest BCUT2D eigenvalue weighted by Crippen LogP contribution is -2.47. The van der Waals surface area contributed by atoms with Crippen molar-refractivity contribution in [2.45, 2.75) is 32.2 Å². The Morgan fingerprint density at radius 2 is 2.07 bits per heavy atom. The molecule has 1 aliphatic heterocycles. The van der Waals surface area contributed by atoms with E-state index in [0.29, 0.717) is 18.9 Å². The molecule has 1 heterocycles. The summed E-state index contributed by atoms with van der Waals surface area (Å²) in [4.78, 5) is 20.7. The van der Waals surface area contributed by atoms with Crippen LogP contribution in [0.5, 0.6) is 5.75 Å². The summed E-state index contributed by atoms with van der Waals surface area (Å²) >= 11 is 0. The number of methoxy groups -OCH3 is 1. The van der Waals surface area contributed by atoms with Crippen LogP contribution in [-0.4, -0.2) is 69.1 Å². The van der Waals surface area contributed by atoms with Gasteiger partial charge in [-0.1, -0.05) is 12.1 Å².